The third-order valence-corrected chi connectivity index (χ3v) is 5.54. The molecule has 118 valence electrons. The van der Waals surface area contributed by atoms with Crippen molar-refractivity contribution in [3.63, 3.8) is 0 Å². The number of amides is 1. The molecule has 1 aliphatic rings. The van der Waals surface area contributed by atoms with Crippen molar-refractivity contribution in [2.75, 3.05) is 0 Å². The SMILES string of the molecule is Cc1ccc(CN(C(=O)Cn2nc(C)c(Cl)c2C)C2CC2)s1. The molecule has 1 aliphatic carbocycles. The van der Waals surface area contributed by atoms with Crippen LogP contribution in [0.5, 0.6) is 0 Å². The number of carbonyl (C=O) groups is 1. The van der Waals surface area contributed by atoms with Crippen molar-refractivity contribution < 1.29 is 4.79 Å². The van der Waals surface area contributed by atoms with Crippen LogP contribution >= 0.6 is 22.9 Å². The monoisotopic (exact) mass is 337 g/mol. The maximum atomic E-state index is 12.7. The number of thiophene rings is 1. The number of rotatable bonds is 5. The largest absolute Gasteiger partial charge is 0.333 e. The summed E-state index contributed by atoms with van der Waals surface area (Å²) in [6.07, 6.45) is 2.21. The summed E-state index contributed by atoms with van der Waals surface area (Å²) in [4.78, 5) is 17.2. The third-order valence-electron chi connectivity index (χ3n) is 4.01. The second kappa shape index (κ2) is 6.05. The van der Waals surface area contributed by atoms with Crippen molar-refractivity contribution in [3.05, 3.63) is 38.3 Å². The zero-order valence-corrected chi connectivity index (χ0v) is 14.7. The number of hydrogen-bond donors (Lipinski definition) is 0. The Bertz CT molecular complexity index is 702. The van der Waals surface area contributed by atoms with Gasteiger partial charge in [-0.05, 0) is 45.7 Å². The molecule has 2 aromatic heterocycles. The number of hydrogen-bond acceptors (Lipinski definition) is 3. The fraction of sp³-hybridized carbons (Fsp3) is 0.500. The van der Waals surface area contributed by atoms with E-state index in [0.29, 0.717) is 17.6 Å². The summed E-state index contributed by atoms with van der Waals surface area (Å²) in [7, 11) is 0. The first-order valence-corrected chi connectivity index (χ1v) is 8.69. The van der Waals surface area contributed by atoms with Crippen LogP contribution in [0.4, 0.5) is 0 Å². The zero-order chi connectivity index (χ0) is 15.9. The molecular weight excluding hydrogens is 318 g/mol. The Morgan fingerprint density at radius 1 is 1.41 bits per heavy atom. The second-order valence-electron chi connectivity index (χ2n) is 5.91. The average Bonchev–Trinajstić information content (AvgIpc) is 3.19. The van der Waals surface area contributed by atoms with Crippen molar-refractivity contribution >= 4 is 28.8 Å². The minimum absolute atomic E-state index is 0.121. The molecule has 4 nitrogen and oxygen atoms in total. The molecule has 0 unspecified atom stereocenters. The van der Waals surface area contributed by atoms with E-state index < -0.39 is 0 Å². The van der Waals surface area contributed by atoms with E-state index in [9.17, 15) is 4.79 Å². The van der Waals surface area contributed by atoms with Gasteiger partial charge in [-0.15, -0.1) is 11.3 Å². The lowest BCUT2D eigenvalue weighted by Gasteiger charge is -2.22. The van der Waals surface area contributed by atoms with E-state index in [-0.39, 0.29) is 12.5 Å². The Labute approximate surface area is 139 Å². The molecule has 2 heterocycles. The summed E-state index contributed by atoms with van der Waals surface area (Å²) in [5.74, 6) is 0.121. The predicted octanol–water partition coefficient (Wildman–Crippen LogP) is 3.71. The number of aromatic nitrogens is 2. The van der Waals surface area contributed by atoms with Gasteiger partial charge in [0.05, 0.1) is 23.0 Å². The van der Waals surface area contributed by atoms with Crippen LogP contribution in [0.3, 0.4) is 0 Å². The molecule has 0 radical (unpaired) electrons. The molecule has 1 amide bonds. The van der Waals surface area contributed by atoms with Gasteiger partial charge in [-0.2, -0.15) is 5.10 Å². The normalized spacial score (nSPS) is 14.4. The minimum atomic E-state index is 0.121. The summed E-state index contributed by atoms with van der Waals surface area (Å²) < 4.78 is 1.72. The summed E-state index contributed by atoms with van der Waals surface area (Å²) in [5.41, 5.74) is 1.63. The van der Waals surface area contributed by atoms with Crippen molar-refractivity contribution in [3.8, 4) is 0 Å². The first-order chi connectivity index (χ1) is 10.5. The predicted molar refractivity (Wildman–Crippen MR) is 89.3 cm³/mol. The van der Waals surface area contributed by atoms with E-state index in [2.05, 4.69) is 24.2 Å². The van der Waals surface area contributed by atoms with Gasteiger partial charge in [-0.3, -0.25) is 9.48 Å². The van der Waals surface area contributed by atoms with E-state index in [1.807, 2.05) is 18.7 Å². The number of aryl methyl sites for hydroxylation is 2. The molecule has 6 heteroatoms. The van der Waals surface area contributed by atoms with Crippen LogP contribution in [0.2, 0.25) is 5.02 Å². The van der Waals surface area contributed by atoms with Gasteiger partial charge in [0.1, 0.15) is 6.54 Å². The lowest BCUT2D eigenvalue weighted by molar-refractivity contribution is -0.133. The summed E-state index contributed by atoms with van der Waals surface area (Å²) >= 11 is 7.92. The Kier molecular flexibility index (Phi) is 4.28. The number of halogens is 1. The first-order valence-electron chi connectivity index (χ1n) is 7.50. The number of nitrogens with zero attached hydrogens (tertiary/aromatic N) is 3. The highest BCUT2D eigenvalue weighted by Crippen LogP contribution is 2.30. The smallest absolute Gasteiger partial charge is 0.244 e. The molecule has 0 aliphatic heterocycles. The quantitative estimate of drug-likeness (QED) is 0.834. The maximum Gasteiger partial charge on any atom is 0.244 e. The lowest BCUT2D eigenvalue weighted by atomic mass is 10.3. The molecule has 0 aromatic carbocycles. The van der Waals surface area contributed by atoms with Gasteiger partial charge < -0.3 is 4.90 Å². The molecule has 1 saturated carbocycles. The fourth-order valence-corrected chi connectivity index (χ4v) is 3.62. The zero-order valence-electron chi connectivity index (χ0n) is 13.1. The maximum absolute atomic E-state index is 12.7. The van der Waals surface area contributed by atoms with Crippen LogP contribution < -0.4 is 0 Å². The Morgan fingerprint density at radius 2 is 2.14 bits per heavy atom. The van der Waals surface area contributed by atoms with Crippen LogP contribution in [-0.2, 0) is 17.9 Å². The highest BCUT2D eigenvalue weighted by Gasteiger charge is 2.33. The van der Waals surface area contributed by atoms with Gasteiger partial charge in [0.2, 0.25) is 5.91 Å². The highest BCUT2D eigenvalue weighted by molar-refractivity contribution is 7.11. The second-order valence-corrected chi connectivity index (χ2v) is 7.66. The Morgan fingerprint density at radius 3 is 2.64 bits per heavy atom. The van der Waals surface area contributed by atoms with Gasteiger partial charge in [-0.1, -0.05) is 11.6 Å². The molecule has 2 aromatic rings. The van der Waals surface area contributed by atoms with Gasteiger partial charge in [0, 0.05) is 15.8 Å². The number of carbonyl (C=O) groups excluding carboxylic acids is 1. The van der Waals surface area contributed by atoms with Gasteiger partial charge >= 0.3 is 0 Å². The molecular formula is C16H20ClN3OS. The molecule has 22 heavy (non-hydrogen) atoms. The summed E-state index contributed by atoms with van der Waals surface area (Å²) in [6.45, 7) is 6.83. The molecule has 0 bridgehead atoms. The van der Waals surface area contributed by atoms with Crippen molar-refractivity contribution in [1.29, 1.82) is 0 Å². The van der Waals surface area contributed by atoms with E-state index in [4.69, 9.17) is 11.6 Å². The lowest BCUT2D eigenvalue weighted by Crippen LogP contribution is -2.35. The van der Waals surface area contributed by atoms with Crippen LogP contribution in [-0.4, -0.2) is 26.6 Å². The molecule has 0 atom stereocenters. The van der Waals surface area contributed by atoms with Crippen LogP contribution in [0.25, 0.3) is 0 Å². The van der Waals surface area contributed by atoms with E-state index >= 15 is 0 Å². The average molecular weight is 338 g/mol. The van der Waals surface area contributed by atoms with E-state index in [1.54, 1.807) is 16.0 Å². The Hall–Kier alpha value is -1.33. The molecule has 0 N–H and O–H groups in total. The summed E-state index contributed by atoms with van der Waals surface area (Å²) in [5, 5.41) is 5.02. The molecule has 0 spiro atoms. The third kappa shape index (κ3) is 3.20. The Balaban J connectivity index is 1.74. The van der Waals surface area contributed by atoms with E-state index in [1.165, 1.54) is 9.75 Å². The standard InChI is InChI=1S/C16H20ClN3OS/c1-10-4-7-14(22-10)8-19(13-5-6-13)15(21)9-20-12(3)16(17)11(2)18-20/h4,7,13H,5-6,8-9H2,1-3H3. The topological polar surface area (TPSA) is 38.1 Å². The van der Waals surface area contributed by atoms with Gasteiger partial charge in [-0.25, -0.2) is 0 Å². The van der Waals surface area contributed by atoms with Crippen LogP contribution in [0.1, 0.15) is 34.0 Å². The van der Waals surface area contributed by atoms with Gasteiger partial charge in [0.25, 0.3) is 0 Å². The molecule has 1 fully saturated rings. The van der Waals surface area contributed by atoms with Crippen LogP contribution in [0.15, 0.2) is 12.1 Å². The van der Waals surface area contributed by atoms with Crippen LogP contribution in [0, 0.1) is 20.8 Å². The minimum Gasteiger partial charge on any atom is -0.333 e. The van der Waals surface area contributed by atoms with Crippen molar-refractivity contribution in [2.45, 2.75) is 52.7 Å². The highest BCUT2D eigenvalue weighted by atomic mass is 35.5. The first kappa shape index (κ1) is 15.6. The molecule has 0 saturated heterocycles. The fourth-order valence-electron chi connectivity index (χ4n) is 2.59. The summed E-state index contributed by atoms with van der Waals surface area (Å²) in [6, 6.07) is 4.61. The van der Waals surface area contributed by atoms with Gasteiger partial charge in [0.15, 0.2) is 0 Å². The molecule has 3 rings (SSSR count). The van der Waals surface area contributed by atoms with Crippen molar-refractivity contribution in [2.24, 2.45) is 0 Å². The van der Waals surface area contributed by atoms with E-state index in [0.717, 1.165) is 24.2 Å². The van der Waals surface area contributed by atoms with Crippen molar-refractivity contribution in [1.82, 2.24) is 14.7 Å².